The first kappa shape index (κ1) is 10.5. The third kappa shape index (κ3) is 1.97. The summed E-state index contributed by atoms with van der Waals surface area (Å²) in [6, 6.07) is 2.43. The number of fused-ring (bicyclic) bond motifs is 1. The third-order valence-corrected chi connectivity index (χ3v) is 3.60. The number of amides is 1. The fraction of sp³-hybridized carbons (Fsp3) is 0.583. The van der Waals surface area contributed by atoms with Crippen molar-refractivity contribution in [3.8, 4) is 0 Å². The topological polar surface area (TPSA) is 58.1 Å². The zero-order chi connectivity index (χ0) is 11.7. The predicted octanol–water partition coefficient (Wildman–Crippen LogP) is 0.724. The van der Waals surface area contributed by atoms with Crippen molar-refractivity contribution in [3.63, 3.8) is 0 Å². The van der Waals surface area contributed by atoms with Gasteiger partial charge in [-0.15, -0.1) is 0 Å². The van der Waals surface area contributed by atoms with Crippen LogP contribution in [0.1, 0.15) is 25.7 Å². The van der Waals surface area contributed by atoms with Crippen LogP contribution in [0.25, 0.3) is 0 Å². The summed E-state index contributed by atoms with van der Waals surface area (Å²) in [6.07, 6.45) is 8.06. The molecule has 0 aromatic carbocycles. The van der Waals surface area contributed by atoms with Gasteiger partial charge in [-0.25, -0.2) is 9.97 Å². The lowest BCUT2D eigenvalue weighted by molar-refractivity contribution is -0.122. The van der Waals surface area contributed by atoms with E-state index in [0.29, 0.717) is 18.5 Å². The van der Waals surface area contributed by atoms with E-state index in [4.69, 9.17) is 0 Å². The number of carbonyl (C=O) groups is 1. The molecule has 17 heavy (non-hydrogen) atoms. The molecule has 1 aliphatic carbocycles. The zero-order valence-electron chi connectivity index (χ0n) is 9.67. The number of hydrogen-bond acceptors (Lipinski definition) is 4. The second kappa shape index (κ2) is 4.31. The first-order chi connectivity index (χ1) is 8.34. The Morgan fingerprint density at radius 3 is 2.82 bits per heavy atom. The van der Waals surface area contributed by atoms with Crippen molar-refractivity contribution >= 4 is 11.9 Å². The van der Waals surface area contributed by atoms with E-state index in [9.17, 15) is 4.79 Å². The maximum absolute atomic E-state index is 11.7. The Balaban J connectivity index is 1.88. The lowest BCUT2D eigenvalue weighted by atomic mass is 9.87. The van der Waals surface area contributed by atoms with Gasteiger partial charge in [0.15, 0.2) is 0 Å². The van der Waals surface area contributed by atoms with Gasteiger partial charge in [0, 0.05) is 18.4 Å². The molecule has 2 atom stereocenters. The van der Waals surface area contributed by atoms with Gasteiger partial charge in [-0.2, -0.15) is 0 Å². The van der Waals surface area contributed by atoms with Gasteiger partial charge in [0.2, 0.25) is 11.9 Å². The molecule has 0 radical (unpaired) electrons. The molecule has 2 unspecified atom stereocenters. The largest absolute Gasteiger partial charge is 0.350 e. The van der Waals surface area contributed by atoms with Gasteiger partial charge in [-0.05, 0) is 18.9 Å². The molecule has 2 fully saturated rings. The predicted molar refractivity (Wildman–Crippen MR) is 63.6 cm³/mol. The highest BCUT2D eigenvalue weighted by Gasteiger charge is 2.37. The Bertz CT molecular complexity index is 408. The minimum atomic E-state index is 0.0839. The van der Waals surface area contributed by atoms with Crippen molar-refractivity contribution in [1.82, 2.24) is 15.3 Å². The normalized spacial score (nSPS) is 28.5. The van der Waals surface area contributed by atoms with E-state index in [-0.39, 0.29) is 11.9 Å². The minimum Gasteiger partial charge on any atom is -0.350 e. The Morgan fingerprint density at radius 2 is 2.00 bits per heavy atom. The molecule has 2 heterocycles. The molecule has 1 aromatic heterocycles. The highest BCUT2D eigenvalue weighted by atomic mass is 16.2. The number of anilines is 1. The maximum Gasteiger partial charge on any atom is 0.239 e. The van der Waals surface area contributed by atoms with Crippen LogP contribution in [0.5, 0.6) is 0 Å². The summed E-state index contributed by atoms with van der Waals surface area (Å²) >= 11 is 0. The van der Waals surface area contributed by atoms with Gasteiger partial charge >= 0.3 is 0 Å². The van der Waals surface area contributed by atoms with Crippen LogP contribution in [-0.2, 0) is 4.79 Å². The molecule has 5 heteroatoms. The highest BCUT2D eigenvalue weighted by Crippen LogP contribution is 2.27. The van der Waals surface area contributed by atoms with E-state index < -0.39 is 0 Å². The molecule has 0 spiro atoms. The summed E-state index contributed by atoms with van der Waals surface area (Å²) in [6.45, 7) is 0.380. The Morgan fingerprint density at radius 1 is 1.24 bits per heavy atom. The van der Waals surface area contributed by atoms with Crippen LogP contribution >= 0.6 is 0 Å². The van der Waals surface area contributed by atoms with Crippen molar-refractivity contribution in [2.24, 2.45) is 0 Å². The number of rotatable bonds is 1. The van der Waals surface area contributed by atoms with Crippen molar-refractivity contribution < 1.29 is 4.79 Å². The standard InChI is InChI=1S/C12H16N4O/c17-11-8-16(12-13-6-3-7-14-12)10-5-2-1-4-9(10)15-11/h3,6-7,9-10H,1-2,4-5,8H2,(H,15,17). The second-order valence-corrected chi connectivity index (χ2v) is 4.70. The van der Waals surface area contributed by atoms with Crippen LogP contribution in [0.15, 0.2) is 18.5 Å². The smallest absolute Gasteiger partial charge is 0.239 e. The average molecular weight is 232 g/mol. The van der Waals surface area contributed by atoms with Crippen molar-refractivity contribution in [3.05, 3.63) is 18.5 Å². The average Bonchev–Trinajstić information content (AvgIpc) is 2.39. The van der Waals surface area contributed by atoms with Crippen molar-refractivity contribution in [1.29, 1.82) is 0 Å². The molecule has 3 rings (SSSR count). The fourth-order valence-corrected chi connectivity index (χ4v) is 2.84. The quantitative estimate of drug-likeness (QED) is 0.775. The Labute approximate surface area is 100 Å². The second-order valence-electron chi connectivity index (χ2n) is 4.70. The summed E-state index contributed by atoms with van der Waals surface area (Å²) in [5.41, 5.74) is 0. The number of nitrogens with zero attached hydrogens (tertiary/aromatic N) is 3. The van der Waals surface area contributed by atoms with Crippen LogP contribution < -0.4 is 10.2 Å². The third-order valence-electron chi connectivity index (χ3n) is 3.60. The lowest BCUT2D eigenvalue weighted by Gasteiger charge is -2.43. The molecule has 1 saturated carbocycles. The first-order valence-electron chi connectivity index (χ1n) is 6.17. The van der Waals surface area contributed by atoms with Gasteiger partial charge in [0.1, 0.15) is 6.54 Å². The van der Waals surface area contributed by atoms with E-state index in [0.717, 1.165) is 12.8 Å². The van der Waals surface area contributed by atoms with Crippen LogP contribution in [-0.4, -0.2) is 34.5 Å². The van der Waals surface area contributed by atoms with E-state index >= 15 is 0 Å². The zero-order valence-corrected chi connectivity index (χ0v) is 9.67. The van der Waals surface area contributed by atoms with Crippen molar-refractivity contribution in [2.45, 2.75) is 37.8 Å². The van der Waals surface area contributed by atoms with Crippen LogP contribution in [0.3, 0.4) is 0 Å². The van der Waals surface area contributed by atoms with Gasteiger partial charge in [-0.3, -0.25) is 4.79 Å². The van der Waals surface area contributed by atoms with E-state index in [1.165, 1.54) is 12.8 Å². The summed E-state index contributed by atoms with van der Waals surface area (Å²) in [4.78, 5) is 22.3. The molecule has 1 N–H and O–H groups in total. The number of piperazine rings is 1. The number of aromatic nitrogens is 2. The first-order valence-corrected chi connectivity index (χ1v) is 6.17. The molecule has 5 nitrogen and oxygen atoms in total. The SMILES string of the molecule is O=C1CN(c2ncccn2)C2CCCCC2N1. The molecule has 1 aromatic rings. The van der Waals surface area contributed by atoms with Crippen molar-refractivity contribution in [2.75, 3.05) is 11.4 Å². The molecule has 0 bridgehead atoms. The highest BCUT2D eigenvalue weighted by molar-refractivity contribution is 5.82. The number of hydrogen-bond donors (Lipinski definition) is 1. The Hall–Kier alpha value is -1.65. The monoisotopic (exact) mass is 232 g/mol. The number of nitrogens with one attached hydrogen (secondary N) is 1. The summed E-state index contributed by atoms with van der Waals surface area (Å²) in [5.74, 6) is 0.764. The number of carbonyl (C=O) groups excluding carboxylic acids is 1. The molecular weight excluding hydrogens is 216 g/mol. The van der Waals surface area contributed by atoms with E-state index in [1.54, 1.807) is 18.5 Å². The molecule has 1 saturated heterocycles. The summed E-state index contributed by atoms with van der Waals surface area (Å²) in [7, 11) is 0. The summed E-state index contributed by atoms with van der Waals surface area (Å²) in [5, 5.41) is 3.08. The van der Waals surface area contributed by atoms with E-state index in [2.05, 4.69) is 20.2 Å². The molecule has 1 amide bonds. The van der Waals surface area contributed by atoms with Gasteiger partial charge in [0.05, 0.1) is 6.04 Å². The summed E-state index contributed by atoms with van der Waals surface area (Å²) < 4.78 is 0. The minimum absolute atomic E-state index is 0.0839. The molecule has 90 valence electrons. The lowest BCUT2D eigenvalue weighted by Crippen LogP contribution is -2.62. The van der Waals surface area contributed by atoms with Gasteiger partial charge in [-0.1, -0.05) is 12.8 Å². The van der Waals surface area contributed by atoms with Crippen LogP contribution in [0.4, 0.5) is 5.95 Å². The maximum atomic E-state index is 11.7. The van der Waals surface area contributed by atoms with Crippen LogP contribution in [0.2, 0.25) is 0 Å². The Kier molecular flexibility index (Phi) is 2.66. The van der Waals surface area contributed by atoms with Gasteiger partial charge in [0.25, 0.3) is 0 Å². The molecule has 1 aliphatic heterocycles. The van der Waals surface area contributed by atoms with Crippen LogP contribution in [0, 0.1) is 0 Å². The van der Waals surface area contributed by atoms with Gasteiger partial charge < -0.3 is 10.2 Å². The molecule has 2 aliphatic rings. The van der Waals surface area contributed by atoms with E-state index in [1.807, 2.05) is 0 Å². The molecular formula is C12H16N4O. The fourth-order valence-electron chi connectivity index (χ4n) is 2.84.